The van der Waals surface area contributed by atoms with E-state index >= 15 is 0 Å². The van der Waals surface area contributed by atoms with E-state index in [4.69, 9.17) is 0 Å². The number of urea groups is 2. The van der Waals surface area contributed by atoms with Crippen LogP contribution >= 0.6 is 0 Å². The van der Waals surface area contributed by atoms with Gasteiger partial charge in [0.15, 0.2) is 0 Å². The number of nitrogens with zero attached hydrogens (tertiary/aromatic N) is 3. The standard InChI is InChI=1S/C22H29N5O2/c1-25(2)16-17-26(14-12-18-6-4-3-5-7-18)22(29)24-19-8-10-20(11-9-19)27-15-13-23-21(27)28/h3-11H,12-17H2,1-2H3,(H,23,28)(H,24,29). The van der Waals surface area contributed by atoms with Crippen LogP contribution in [0, 0.1) is 0 Å². The van der Waals surface area contributed by atoms with E-state index in [0.717, 1.165) is 18.7 Å². The van der Waals surface area contributed by atoms with E-state index < -0.39 is 0 Å². The Kier molecular flexibility index (Phi) is 7.08. The molecule has 1 aliphatic heterocycles. The van der Waals surface area contributed by atoms with E-state index in [1.54, 1.807) is 4.90 Å². The molecule has 0 bridgehead atoms. The van der Waals surface area contributed by atoms with Crippen LogP contribution in [0.5, 0.6) is 0 Å². The predicted molar refractivity (Wildman–Crippen MR) is 116 cm³/mol. The molecule has 0 saturated carbocycles. The van der Waals surface area contributed by atoms with E-state index in [1.165, 1.54) is 5.56 Å². The van der Waals surface area contributed by atoms with E-state index in [2.05, 4.69) is 27.7 Å². The molecule has 0 spiro atoms. The molecule has 7 heteroatoms. The molecule has 2 N–H and O–H groups in total. The number of carbonyl (C=O) groups excluding carboxylic acids is 2. The molecule has 1 heterocycles. The van der Waals surface area contributed by atoms with Crippen molar-refractivity contribution in [1.29, 1.82) is 0 Å². The molecular weight excluding hydrogens is 366 g/mol. The third kappa shape index (κ3) is 5.96. The SMILES string of the molecule is CN(C)CCN(CCc1ccccc1)C(=O)Nc1ccc(N2CCNC2=O)cc1. The maximum absolute atomic E-state index is 12.9. The topological polar surface area (TPSA) is 67.9 Å². The smallest absolute Gasteiger partial charge is 0.321 e. The van der Waals surface area contributed by atoms with Crippen LogP contribution in [0.25, 0.3) is 0 Å². The minimum Gasteiger partial charge on any atom is -0.336 e. The lowest BCUT2D eigenvalue weighted by Gasteiger charge is -2.25. The van der Waals surface area contributed by atoms with Gasteiger partial charge in [-0.2, -0.15) is 0 Å². The van der Waals surface area contributed by atoms with Gasteiger partial charge in [-0.05, 0) is 50.3 Å². The lowest BCUT2D eigenvalue weighted by molar-refractivity contribution is 0.205. The Bertz CT molecular complexity index is 808. The molecule has 2 aromatic carbocycles. The molecule has 1 fully saturated rings. The summed E-state index contributed by atoms with van der Waals surface area (Å²) in [7, 11) is 4.00. The van der Waals surface area contributed by atoms with Crippen molar-refractivity contribution in [3.63, 3.8) is 0 Å². The highest BCUT2D eigenvalue weighted by Gasteiger charge is 2.21. The maximum atomic E-state index is 12.9. The van der Waals surface area contributed by atoms with Gasteiger partial charge < -0.3 is 20.4 Å². The monoisotopic (exact) mass is 395 g/mol. The molecule has 0 aliphatic carbocycles. The molecular formula is C22H29N5O2. The molecule has 4 amide bonds. The Morgan fingerprint density at radius 3 is 2.38 bits per heavy atom. The van der Waals surface area contributed by atoms with Gasteiger partial charge in [-0.3, -0.25) is 4.90 Å². The fourth-order valence-corrected chi connectivity index (χ4v) is 3.19. The summed E-state index contributed by atoms with van der Waals surface area (Å²) in [5.41, 5.74) is 2.75. The van der Waals surface area contributed by atoms with Crippen molar-refractivity contribution in [2.75, 3.05) is 57.0 Å². The Labute approximate surface area is 172 Å². The minimum absolute atomic E-state index is 0.0856. The summed E-state index contributed by atoms with van der Waals surface area (Å²) in [5, 5.41) is 5.77. The molecule has 0 aromatic heterocycles. The van der Waals surface area contributed by atoms with Gasteiger partial charge in [0.1, 0.15) is 0 Å². The van der Waals surface area contributed by atoms with Gasteiger partial charge in [-0.25, -0.2) is 9.59 Å². The molecule has 3 rings (SSSR count). The molecule has 2 aromatic rings. The largest absolute Gasteiger partial charge is 0.336 e. The van der Waals surface area contributed by atoms with E-state index in [0.29, 0.717) is 31.9 Å². The Hall–Kier alpha value is -3.06. The normalized spacial score (nSPS) is 13.5. The first-order valence-electron chi connectivity index (χ1n) is 9.93. The van der Waals surface area contributed by atoms with E-state index in [-0.39, 0.29) is 12.1 Å². The zero-order valence-corrected chi connectivity index (χ0v) is 17.1. The van der Waals surface area contributed by atoms with Crippen LogP contribution < -0.4 is 15.5 Å². The molecule has 1 saturated heterocycles. The van der Waals surface area contributed by atoms with E-state index in [1.807, 2.05) is 61.5 Å². The quantitative estimate of drug-likeness (QED) is 0.722. The zero-order chi connectivity index (χ0) is 20.6. The van der Waals surface area contributed by atoms with Crippen molar-refractivity contribution in [3.8, 4) is 0 Å². The summed E-state index contributed by atoms with van der Waals surface area (Å²) in [4.78, 5) is 30.2. The number of hydrogen-bond acceptors (Lipinski definition) is 3. The molecule has 154 valence electrons. The minimum atomic E-state index is -0.116. The number of benzene rings is 2. The van der Waals surface area contributed by atoms with Gasteiger partial charge in [0.2, 0.25) is 0 Å². The molecule has 1 aliphatic rings. The van der Waals surface area contributed by atoms with Gasteiger partial charge >= 0.3 is 12.1 Å². The van der Waals surface area contributed by atoms with Gasteiger partial charge in [-0.1, -0.05) is 30.3 Å². The van der Waals surface area contributed by atoms with Crippen molar-refractivity contribution < 1.29 is 9.59 Å². The predicted octanol–water partition coefficient (Wildman–Crippen LogP) is 2.85. The first-order chi connectivity index (χ1) is 14.0. The first kappa shape index (κ1) is 20.7. The van der Waals surface area contributed by atoms with Crippen LogP contribution in [-0.2, 0) is 6.42 Å². The summed E-state index contributed by atoms with van der Waals surface area (Å²) in [6, 6.07) is 17.4. The van der Waals surface area contributed by atoms with Gasteiger partial charge in [0.25, 0.3) is 0 Å². The third-order valence-corrected chi connectivity index (χ3v) is 4.90. The van der Waals surface area contributed by atoms with Crippen molar-refractivity contribution >= 4 is 23.4 Å². The summed E-state index contributed by atoms with van der Waals surface area (Å²) in [6.45, 7) is 3.40. The van der Waals surface area contributed by atoms with Crippen molar-refractivity contribution in [3.05, 3.63) is 60.2 Å². The van der Waals surface area contributed by atoms with Gasteiger partial charge in [-0.15, -0.1) is 0 Å². The lowest BCUT2D eigenvalue weighted by Crippen LogP contribution is -2.40. The number of anilines is 2. The number of hydrogen-bond donors (Lipinski definition) is 2. The molecule has 0 atom stereocenters. The van der Waals surface area contributed by atoms with Crippen LogP contribution in [0.4, 0.5) is 21.0 Å². The molecule has 0 radical (unpaired) electrons. The van der Waals surface area contributed by atoms with Crippen molar-refractivity contribution in [1.82, 2.24) is 15.1 Å². The second kappa shape index (κ2) is 9.93. The highest BCUT2D eigenvalue weighted by atomic mass is 16.2. The average Bonchev–Trinajstić information content (AvgIpc) is 3.15. The van der Waals surface area contributed by atoms with Crippen LogP contribution in [0.15, 0.2) is 54.6 Å². The highest BCUT2D eigenvalue weighted by molar-refractivity contribution is 5.94. The molecule has 7 nitrogen and oxygen atoms in total. The van der Waals surface area contributed by atoms with Crippen LogP contribution in [0.3, 0.4) is 0 Å². The van der Waals surface area contributed by atoms with Crippen molar-refractivity contribution in [2.24, 2.45) is 0 Å². The second-order valence-corrected chi connectivity index (χ2v) is 7.39. The zero-order valence-electron chi connectivity index (χ0n) is 17.1. The molecule has 0 unspecified atom stereocenters. The van der Waals surface area contributed by atoms with Crippen LogP contribution in [-0.4, -0.2) is 68.7 Å². The Balaban J connectivity index is 1.61. The van der Waals surface area contributed by atoms with E-state index in [9.17, 15) is 9.59 Å². The number of carbonyl (C=O) groups is 2. The maximum Gasteiger partial charge on any atom is 0.321 e. The second-order valence-electron chi connectivity index (χ2n) is 7.39. The Morgan fingerprint density at radius 1 is 1.03 bits per heavy atom. The number of amides is 4. The first-order valence-corrected chi connectivity index (χ1v) is 9.93. The fraction of sp³-hybridized carbons (Fsp3) is 0.364. The fourth-order valence-electron chi connectivity index (χ4n) is 3.19. The summed E-state index contributed by atoms with van der Waals surface area (Å²) >= 11 is 0. The van der Waals surface area contributed by atoms with Crippen LogP contribution in [0.1, 0.15) is 5.56 Å². The number of likely N-dealkylation sites (N-methyl/N-ethyl adjacent to an activating group) is 1. The summed E-state index contributed by atoms with van der Waals surface area (Å²) < 4.78 is 0. The average molecular weight is 396 g/mol. The van der Waals surface area contributed by atoms with Crippen molar-refractivity contribution in [2.45, 2.75) is 6.42 Å². The lowest BCUT2D eigenvalue weighted by atomic mass is 10.1. The summed E-state index contributed by atoms with van der Waals surface area (Å²) in [6.07, 6.45) is 0.810. The third-order valence-electron chi connectivity index (χ3n) is 4.90. The Morgan fingerprint density at radius 2 is 1.76 bits per heavy atom. The number of nitrogens with one attached hydrogen (secondary N) is 2. The van der Waals surface area contributed by atoms with Crippen LogP contribution in [0.2, 0.25) is 0 Å². The van der Waals surface area contributed by atoms with Gasteiger partial charge in [0, 0.05) is 44.1 Å². The molecule has 29 heavy (non-hydrogen) atoms. The highest BCUT2D eigenvalue weighted by Crippen LogP contribution is 2.19. The summed E-state index contributed by atoms with van der Waals surface area (Å²) in [5.74, 6) is 0. The van der Waals surface area contributed by atoms with Gasteiger partial charge in [0.05, 0.1) is 0 Å². The number of rotatable bonds is 8.